The summed E-state index contributed by atoms with van der Waals surface area (Å²) in [5.41, 5.74) is 0.856. The maximum Gasteiger partial charge on any atom is 0.408 e. The molecule has 0 spiro atoms. The van der Waals surface area contributed by atoms with E-state index in [2.05, 4.69) is 16.6 Å². The number of nitrogens with zero attached hydrogens (tertiary/aromatic N) is 2. The van der Waals surface area contributed by atoms with E-state index >= 15 is 0 Å². The van der Waals surface area contributed by atoms with Gasteiger partial charge in [-0.3, -0.25) is 9.59 Å². The smallest absolute Gasteiger partial charge is 0.408 e. The van der Waals surface area contributed by atoms with E-state index in [0.717, 1.165) is 4.90 Å². The lowest BCUT2D eigenvalue weighted by Gasteiger charge is -2.33. The number of alkyl carbamates (subject to hydrolysis) is 1. The summed E-state index contributed by atoms with van der Waals surface area (Å²) in [4.78, 5) is 41.2. The third kappa shape index (κ3) is 8.86. The highest BCUT2D eigenvalue weighted by Gasteiger charge is 2.36. The van der Waals surface area contributed by atoms with Crippen LogP contribution in [0.1, 0.15) is 57.4 Å². The molecule has 3 amide bonds. The van der Waals surface area contributed by atoms with Crippen LogP contribution in [0.25, 0.3) is 0 Å². The maximum absolute atomic E-state index is 14.0. The Balaban J connectivity index is 2.54. The average molecular weight is 519 g/mol. The molecule has 0 aromatic heterocycles. The van der Waals surface area contributed by atoms with E-state index < -0.39 is 42.1 Å². The molecule has 0 aliphatic carbocycles. The van der Waals surface area contributed by atoms with Crippen molar-refractivity contribution in [1.82, 2.24) is 15.5 Å². The molecule has 0 bridgehead atoms. The van der Waals surface area contributed by atoms with E-state index in [1.807, 2.05) is 6.07 Å². The summed E-state index contributed by atoms with van der Waals surface area (Å²) in [6.07, 6.45) is 4.66. The zero-order chi connectivity index (χ0) is 28.5. The van der Waals surface area contributed by atoms with Crippen LogP contribution in [0.15, 0.2) is 48.5 Å². The molecule has 2 unspecified atom stereocenters. The predicted molar refractivity (Wildman–Crippen MR) is 143 cm³/mol. The molecule has 3 N–H and O–H groups in total. The van der Waals surface area contributed by atoms with E-state index in [0.29, 0.717) is 16.7 Å². The fourth-order valence-corrected chi connectivity index (χ4v) is 3.69. The number of phenolic OH excluding ortho intramolecular Hbond substituents is 1. The van der Waals surface area contributed by atoms with Crippen molar-refractivity contribution in [1.29, 1.82) is 5.26 Å². The number of carbonyl (C=O) groups excluding carboxylic acids is 3. The van der Waals surface area contributed by atoms with Crippen LogP contribution in [-0.4, -0.2) is 52.1 Å². The monoisotopic (exact) mass is 518 g/mol. The number of hydrogen-bond donors (Lipinski definition) is 3. The number of carbonyl (C=O) groups is 3. The second-order valence-electron chi connectivity index (χ2n) is 10.0. The molecule has 0 saturated carbocycles. The number of ether oxygens (including phenoxy) is 1. The highest BCUT2D eigenvalue weighted by molar-refractivity contribution is 5.92. The van der Waals surface area contributed by atoms with Gasteiger partial charge in [0.15, 0.2) is 0 Å². The Bertz CT molecular complexity index is 1200. The molecule has 0 fully saturated rings. The molecule has 2 atom stereocenters. The van der Waals surface area contributed by atoms with Crippen LogP contribution in [0.2, 0.25) is 0 Å². The lowest BCUT2D eigenvalue weighted by atomic mass is 9.99. The lowest BCUT2D eigenvalue weighted by molar-refractivity contribution is -0.142. The van der Waals surface area contributed by atoms with Crippen LogP contribution in [0.5, 0.6) is 5.75 Å². The molecule has 0 aliphatic heterocycles. The predicted octanol–water partition coefficient (Wildman–Crippen LogP) is 3.43. The van der Waals surface area contributed by atoms with Crippen LogP contribution in [0, 0.1) is 23.7 Å². The Kier molecular flexibility index (Phi) is 10.3. The van der Waals surface area contributed by atoms with Gasteiger partial charge in [-0.2, -0.15) is 5.26 Å². The van der Waals surface area contributed by atoms with Gasteiger partial charge in [-0.15, -0.1) is 6.42 Å². The van der Waals surface area contributed by atoms with Crippen LogP contribution in [-0.2, 0) is 20.7 Å². The molecule has 2 aromatic carbocycles. The highest BCUT2D eigenvalue weighted by atomic mass is 16.6. The van der Waals surface area contributed by atoms with Crippen molar-refractivity contribution in [3.63, 3.8) is 0 Å². The average Bonchev–Trinajstić information content (AvgIpc) is 2.83. The van der Waals surface area contributed by atoms with Gasteiger partial charge in [-0.05, 0) is 70.0 Å². The summed E-state index contributed by atoms with van der Waals surface area (Å²) >= 11 is 0. The first-order valence-corrected chi connectivity index (χ1v) is 12.2. The van der Waals surface area contributed by atoms with Gasteiger partial charge in [-0.1, -0.05) is 30.2 Å². The maximum atomic E-state index is 14.0. The van der Waals surface area contributed by atoms with E-state index in [4.69, 9.17) is 11.2 Å². The van der Waals surface area contributed by atoms with Crippen LogP contribution in [0.3, 0.4) is 0 Å². The quantitative estimate of drug-likeness (QED) is 0.344. The largest absolute Gasteiger partial charge is 0.508 e. The molecule has 0 saturated heterocycles. The van der Waals surface area contributed by atoms with Gasteiger partial charge in [0.1, 0.15) is 30.0 Å². The molecule has 2 rings (SSSR count). The minimum Gasteiger partial charge on any atom is -0.508 e. The Labute approximate surface area is 223 Å². The topological polar surface area (TPSA) is 132 Å². The summed E-state index contributed by atoms with van der Waals surface area (Å²) in [6, 6.07) is 12.1. The van der Waals surface area contributed by atoms with E-state index in [9.17, 15) is 24.8 Å². The van der Waals surface area contributed by atoms with Crippen molar-refractivity contribution in [2.24, 2.45) is 0 Å². The number of benzene rings is 2. The molecule has 2 aromatic rings. The number of nitrogens with one attached hydrogen (secondary N) is 2. The fraction of sp³-hybridized carbons (Fsp3) is 0.379. The first-order chi connectivity index (χ1) is 17.8. The van der Waals surface area contributed by atoms with Gasteiger partial charge in [0, 0.05) is 18.0 Å². The van der Waals surface area contributed by atoms with Crippen molar-refractivity contribution in [3.05, 3.63) is 65.2 Å². The van der Waals surface area contributed by atoms with Crippen LogP contribution >= 0.6 is 0 Å². The standard InChI is InChI=1S/C29H34N4O5/c1-7-20-8-12-22(13-9-20)25(26(35)31-19(2)3)33(17-16-30)27(36)24(32-28(37)38-29(4,5)6)18-21-10-14-23(34)15-11-21/h1,8-15,19,24-25,34H,17-18H2,2-6H3,(H,31,35)(H,32,37). The van der Waals surface area contributed by atoms with Gasteiger partial charge in [0.05, 0.1) is 6.07 Å². The van der Waals surface area contributed by atoms with Crippen molar-refractivity contribution >= 4 is 17.9 Å². The fourth-order valence-electron chi connectivity index (χ4n) is 3.69. The van der Waals surface area contributed by atoms with Gasteiger partial charge in [-0.25, -0.2) is 4.79 Å². The van der Waals surface area contributed by atoms with Crippen molar-refractivity contribution in [2.45, 2.75) is 64.8 Å². The van der Waals surface area contributed by atoms with E-state index in [-0.39, 0.29) is 18.2 Å². The minimum atomic E-state index is -1.18. The SMILES string of the molecule is C#Cc1ccc(C(C(=O)NC(C)C)N(CC#N)C(=O)C(Cc2ccc(O)cc2)NC(=O)OC(C)(C)C)cc1. The molecule has 200 valence electrons. The van der Waals surface area contributed by atoms with Crippen molar-refractivity contribution in [2.75, 3.05) is 6.54 Å². The summed E-state index contributed by atoms with van der Waals surface area (Å²) in [5, 5.41) is 24.7. The molecule has 0 radical (unpaired) electrons. The number of terminal acetylenes is 1. The lowest BCUT2D eigenvalue weighted by Crippen LogP contribution is -2.54. The molecular formula is C29H34N4O5. The Hall–Kier alpha value is -4.50. The summed E-state index contributed by atoms with van der Waals surface area (Å²) in [7, 11) is 0. The number of aromatic hydroxyl groups is 1. The normalized spacial score (nSPS) is 12.4. The molecule has 0 heterocycles. The molecule has 38 heavy (non-hydrogen) atoms. The third-order valence-corrected chi connectivity index (χ3v) is 5.27. The molecular weight excluding hydrogens is 484 g/mol. The van der Waals surface area contributed by atoms with Gasteiger partial charge >= 0.3 is 6.09 Å². The van der Waals surface area contributed by atoms with Crippen LogP contribution < -0.4 is 10.6 Å². The third-order valence-electron chi connectivity index (χ3n) is 5.27. The molecule has 9 heteroatoms. The van der Waals surface area contributed by atoms with E-state index in [1.54, 1.807) is 71.0 Å². The second kappa shape index (κ2) is 13.2. The zero-order valence-electron chi connectivity index (χ0n) is 22.3. The highest BCUT2D eigenvalue weighted by Crippen LogP contribution is 2.24. The number of nitriles is 1. The van der Waals surface area contributed by atoms with Crippen molar-refractivity contribution < 1.29 is 24.2 Å². The first kappa shape index (κ1) is 29.7. The van der Waals surface area contributed by atoms with Gasteiger partial charge in [0.2, 0.25) is 11.8 Å². The van der Waals surface area contributed by atoms with Crippen molar-refractivity contribution in [3.8, 4) is 24.2 Å². The minimum absolute atomic E-state index is 0.0227. The molecule has 9 nitrogen and oxygen atoms in total. The zero-order valence-corrected chi connectivity index (χ0v) is 22.3. The molecule has 0 aliphatic rings. The van der Waals surface area contributed by atoms with Crippen LogP contribution in [0.4, 0.5) is 4.79 Å². The Morgan fingerprint density at radius 1 is 1.05 bits per heavy atom. The number of amides is 3. The first-order valence-electron chi connectivity index (χ1n) is 12.2. The Morgan fingerprint density at radius 3 is 2.16 bits per heavy atom. The summed E-state index contributed by atoms with van der Waals surface area (Å²) in [5.74, 6) is 1.41. The number of rotatable bonds is 9. The van der Waals surface area contributed by atoms with E-state index in [1.165, 1.54) is 12.1 Å². The number of hydrogen-bond acceptors (Lipinski definition) is 6. The second-order valence-corrected chi connectivity index (χ2v) is 10.0. The summed E-state index contributed by atoms with van der Waals surface area (Å²) < 4.78 is 5.36. The van der Waals surface area contributed by atoms with Gasteiger partial charge < -0.3 is 25.4 Å². The Morgan fingerprint density at radius 2 is 1.66 bits per heavy atom. The van der Waals surface area contributed by atoms with Gasteiger partial charge in [0.25, 0.3) is 0 Å². The summed E-state index contributed by atoms with van der Waals surface area (Å²) in [6.45, 7) is 8.22. The number of phenols is 1.